The van der Waals surface area contributed by atoms with Crippen LogP contribution in [-0.2, 0) is 6.42 Å². The molecule has 0 saturated heterocycles. The van der Waals surface area contributed by atoms with Crippen LogP contribution < -0.4 is 5.32 Å². The van der Waals surface area contributed by atoms with E-state index in [9.17, 15) is 9.59 Å². The highest BCUT2D eigenvalue weighted by Gasteiger charge is 2.29. The number of nitrogens with one attached hydrogen (secondary N) is 1. The zero-order valence-corrected chi connectivity index (χ0v) is 9.43. The maximum absolute atomic E-state index is 11.5. The van der Waals surface area contributed by atoms with Gasteiger partial charge in [0.05, 0.1) is 11.1 Å². The van der Waals surface area contributed by atoms with Crippen molar-refractivity contribution in [1.29, 1.82) is 0 Å². The van der Waals surface area contributed by atoms with Gasteiger partial charge in [-0.1, -0.05) is 22.0 Å². The summed E-state index contributed by atoms with van der Waals surface area (Å²) in [5.41, 5.74) is 1.72. The van der Waals surface area contributed by atoms with Gasteiger partial charge in [0.1, 0.15) is 0 Å². The number of allylic oxidation sites excluding steroid dienone is 1. The molecule has 1 aliphatic heterocycles. The molecule has 76 valence electrons. The van der Waals surface area contributed by atoms with Crippen molar-refractivity contribution in [1.82, 2.24) is 5.32 Å². The molecule has 0 bridgehead atoms. The highest BCUT2D eigenvalue weighted by atomic mass is 79.9. The van der Waals surface area contributed by atoms with Crippen molar-refractivity contribution >= 4 is 27.7 Å². The summed E-state index contributed by atoms with van der Waals surface area (Å²) in [6, 6.07) is 3.42. The number of fused-ring (bicyclic) bond motifs is 1. The first-order valence-corrected chi connectivity index (χ1v) is 5.22. The average molecular weight is 266 g/mol. The van der Waals surface area contributed by atoms with E-state index in [0.29, 0.717) is 17.5 Å². The van der Waals surface area contributed by atoms with Gasteiger partial charge >= 0.3 is 0 Å². The zero-order chi connectivity index (χ0) is 11.0. The summed E-state index contributed by atoms with van der Waals surface area (Å²) in [5, 5.41) is 2.28. The molecule has 2 amide bonds. The van der Waals surface area contributed by atoms with Gasteiger partial charge in [-0.25, -0.2) is 0 Å². The lowest BCUT2D eigenvalue weighted by Gasteiger charge is -2.05. The van der Waals surface area contributed by atoms with Crippen LogP contribution in [0.2, 0.25) is 0 Å². The summed E-state index contributed by atoms with van der Waals surface area (Å²) in [6.45, 7) is 3.63. The lowest BCUT2D eigenvalue weighted by Crippen LogP contribution is -2.20. The summed E-state index contributed by atoms with van der Waals surface area (Å²) >= 11 is 3.36. The zero-order valence-electron chi connectivity index (χ0n) is 7.84. The summed E-state index contributed by atoms with van der Waals surface area (Å²) in [4.78, 5) is 22.9. The van der Waals surface area contributed by atoms with Crippen molar-refractivity contribution in [3.63, 3.8) is 0 Å². The van der Waals surface area contributed by atoms with Crippen molar-refractivity contribution in [2.75, 3.05) is 0 Å². The topological polar surface area (TPSA) is 46.2 Å². The van der Waals surface area contributed by atoms with Gasteiger partial charge in [0.15, 0.2) is 0 Å². The van der Waals surface area contributed by atoms with Gasteiger partial charge in [-0.05, 0) is 24.1 Å². The molecule has 1 aromatic carbocycles. The minimum atomic E-state index is -0.326. The first-order chi connectivity index (χ1) is 7.15. The largest absolute Gasteiger partial charge is 0.288 e. The number of hydrogen-bond acceptors (Lipinski definition) is 2. The molecule has 0 spiro atoms. The molecule has 1 aromatic rings. The standard InChI is InChI=1S/C11H8BrNO2/c1-2-3-6-8(12)5-4-7-9(6)11(15)13-10(7)14/h2,4-5H,1,3H2,(H,13,14,15). The second-order valence-corrected chi connectivity index (χ2v) is 4.08. The van der Waals surface area contributed by atoms with Crippen LogP contribution in [-0.4, -0.2) is 11.8 Å². The third-order valence-electron chi connectivity index (χ3n) is 2.30. The molecule has 2 rings (SSSR count). The second kappa shape index (κ2) is 3.62. The fraction of sp³-hybridized carbons (Fsp3) is 0.0909. The van der Waals surface area contributed by atoms with E-state index in [4.69, 9.17) is 0 Å². The molecule has 0 atom stereocenters. The molecule has 4 heteroatoms. The van der Waals surface area contributed by atoms with Crippen molar-refractivity contribution in [3.05, 3.63) is 46.0 Å². The van der Waals surface area contributed by atoms with Crippen molar-refractivity contribution in [3.8, 4) is 0 Å². The van der Waals surface area contributed by atoms with Gasteiger partial charge in [0.25, 0.3) is 11.8 Å². The maximum atomic E-state index is 11.5. The van der Waals surface area contributed by atoms with Crippen LogP contribution in [0.5, 0.6) is 0 Å². The third-order valence-corrected chi connectivity index (χ3v) is 3.05. The molecule has 1 heterocycles. The summed E-state index contributed by atoms with van der Waals surface area (Å²) in [7, 11) is 0. The minimum absolute atomic E-state index is 0.326. The molecular formula is C11H8BrNO2. The summed E-state index contributed by atoms with van der Waals surface area (Å²) in [5.74, 6) is -0.652. The van der Waals surface area contributed by atoms with E-state index in [1.165, 1.54) is 0 Å². The van der Waals surface area contributed by atoms with Crippen molar-refractivity contribution in [2.24, 2.45) is 0 Å². The predicted molar refractivity (Wildman–Crippen MR) is 59.8 cm³/mol. The molecular weight excluding hydrogens is 258 g/mol. The maximum Gasteiger partial charge on any atom is 0.259 e. The predicted octanol–water partition coefficient (Wildman–Crippen LogP) is 2.06. The second-order valence-electron chi connectivity index (χ2n) is 3.22. The fourth-order valence-electron chi connectivity index (χ4n) is 1.65. The summed E-state index contributed by atoms with van der Waals surface area (Å²) in [6.07, 6.45) is 2.26. The van der Waals surface area contributed by atoms with E-state index in [0.717, 1.165) is 10.0 Å². The molecule has 0 unspecified atom stereocenters. The first-order valence-electron chi connectivity index (χ1n) is 4.43. The quantitative estimate of drug-likeness (QED) is 0.657. The van der Waals surface area contributed by atoms with Gasteiger partial charge in [-0.3, -0.25) is 14.9 Å². The van der Waals surface area contributed by atoms with Crippen LogP contribution in [0.1, 0.15) is 26.3 Å². The Hall–Kier alpha value is -1.42. The van der Waals surface area contributed by atoms with Gasteiger partial charge in [-0.2, -0.15) is 0 Å². The number of halogens is 1. The Morgan fingerprint density at radius 2 is 2.07 bits per heavy atom. The lowest BCUT2D eigenvalue weighted by atomic mass is 10.0. The average Bonchev–Trinajstić information content (AvgIpc) is 2.47. The number of benzene rings is 1. The Morgan fingerprint density at radius 3 is 2.73 bits per heavy atom. The molecule has 1 aliphatic rings. The molecule has 3 nitrogen and oxygen atoms in total. The lowest BCUT2D eigenvalue weighted by molar-refractivity contribution is 0.0879. The van der Waals surface area contributed by atoms with Gasteiger partial charge < -0.3 is 0 Å². The SMILES string of the molecule is C=CCc1c(Br)ccc2c1C(=O)NC2=O. The Labute approximate surface area is 95.3 Å². The Balaban J connectivity index is 2.69. The van der Waals surface area contributed by atoms with E-state index in [2.05, 4.69) is 27.8 Å². The number of carbonyl (C=O) groups is 2. The molecule has 0 saturated carbocycles. The number of imide groups is 1. The number of rotatable bonds is 2. The number of amides is 2. The molecule has 0 aromatic heterocycles. The minimum Gasteiger partial charge on any atom is -0.288 e. The monoisotopic (exact) mass is 265 g/mol. The molecule has 0 radical (unpaired) electrons. The van der Waals surface area contributed by atoms with Crippen molar-refractivity contribution in [2.45, 2.75) is 6.42 Å². The van der Waals surface area contributed by atoms with E-state index in [1.54, 1.807) is 18.2 Å². The van der Waals surface area contributed by atoms with Crippen LogP contribution >= 0.6 is 15.9 Å². The summed E-state index contributed by atoms with van der Waals surface area (Å²) < 4.78 is 0.825. The van der Waals surface area contributed by atoms with Crippen LogP contribution in [0, 0.1) is 0 Å². The van der Waals surface area contributed by atoms with Crippen LogP contribution in [0.25, 0.3) is 0 Å². The number of hydrogen-bond donors (Lipinski definition) is 1. The highest BCUT2D eigenvalue weighted by molar-refractivity contribution is 9.10. The van der Waals surface area contributed by atoms with E-state index >= 15 is 0 Å². The number of carbonyl (C=O) groups excluding carboxylic acids is 2. The van der Waals surface area contributed by atoms with Crippen molar-refractivity contribution < 1.29 is 9.59 Å². The normalized spacial score (nSPS) is 13.7. The van der Waals surface area contributed by atoms with E-state index in [-0.39, 0.29) is 11.8 Å². The van der Waals surface area contributed by atoms with Crippen LogP contribution in [0.3, 0.4) is 0 Å². The molecule has 15 heavy (non-hydrogen) atoms. The molecule has 0 fully saturated rings. The molecule has 0 aliphatic carbocycles. The Kier molecular flexibility index (Phi) is 2.44. The third kappa shape index (κ3) is 1.51. The Bertz CT molecular complexity index is 480. The van der Waals surface area contributed by atoms with E-state index in [1.807, 2.05) is 0 Å². The van der Waals surface area contributed by atoms with Crippen LogP contribution in [0.4, 0.5) is 0 Å². The van der Waals surface area contributed by atoms with Gasteiger partial charge in [-0.15, -0.1) is 6.58 Å². The Morgan fingerprint density at radius 1 is 1.33 bits per heavy atom. The van der Waals surface area contributed by atoms with E-state index < -0.39 is 0 Å². The first kappa shape index (κ1) is 10.1. The fourth-order valence-corrected chi connectivity index (χ4v) is 2.14. The smallest absolute Gasteiger partial charge is 0.259 e. The van der Waals surface area contributed by atoms with Crippen LogP contribution in [0.15, 0.2) is 29.3 Å². The van der Waals surface area contributed by atoms with Gasteiger partial charge in [0, 0.05) is 4.47 Å². The van der Waals surface area contributed by atoms with Gasteiger partial charge in [0.2, 0.25) is 0 Å². The molecule has 1 N–H and O–H groups in total. The highest BCUT2D eigenvalue weighted by Crippen LogP contribution is 2.27.